The van der Waals surface area contributed by atoms with Crippen LogP contribution in [0.1, 0.15) is 10.4 Å². The Balaban J connectivity index is 0.000000187. The first-order chi connectivity index (χ1) is 7.20. The van der Waals surface area contributed by atoms with E-state index in [9.17, 15) is 4.79 Å². The van der Waals surface area contributed by atoms with Crippen LogP contribution in [0.4, 0.5) is 0 Å². The van der Waals surface area contributed by atoms with Gasteiger partial charge in [-0.3, -0.25) is 0 Å². The standard InChI is InChI=1S/C7H5ClO2.C4H4O/c8-6-3-1-5(2-4-6)7(9)10;1-2-4-5-3-1/h1-4H,(H,9,10);1-4H. The predicted octanol–water partition coefficient (Wildman–Crippen LogP) is 3.32. The monoisotopic (exact) mass is 224 g/mol. The molecular weight excluding hydrogens is 216 g/mol. The van der Waals surface area contributed by atoms with E-state index in [4.69, 9.17) is 16.7 Å². The molecule has 1 heterocycles. The van der Waals surface area contributed by atoms with Gasteiger partial charge in [0.15, 0.2) is 0 Å². The molecule has 4 heteroatoms. The van der Waals surface area contributed by atoms with E-state index in [0.717, 1.165) is 0 Å². The molecule has 0 atom stereocenters. The molecule has 0 bridgehead atoms. The largest absolute Gasteiger partial charge is 0.478 e. The molecule has 0 radical (unpaired) electrons. The summed E-state index contributed by atoms with van der Waals surface area (Å²) in [4.78, 5) is 10.3. The average Bonchev–Trinajstić information content (AvgIpc) is 2.76. The van der Waals surface area contributed by atoms with Gasteiger partial charge < -0.3 is 9.52 Å². The minimum Gasteiger partial charge on any atom is -0.478 e. The van der Waals surface area contributed by atoms with Gasteiger partial charge in [0.2, 0.25) is 0 Å². The maximum Gasteiger partial charge on any atom is 0.335 e. The zero-order valence-electron chi connectivity index (χ0n) is 7.76. The van der Waals surface area contributed by atoms with Gasteiger partial charge in [-0.15, -0.1) is 0 Å². The van der Waals surface area contributed by atoms with Crippen molar-refractivity contribution in [3.8, 4) is 0 Å². The van der Waals surface area contributed by atoms with Crippen LogP contribution in [0.15, 0.2) is 53.3 Å². The second-order valence-corrected chi connectivity index (χ2v) is 3.04. The molecule has 0 spiro atoms. The molecule has 2 rings (SSSR count). The number of aromatic carboxylic acids is 1. The van der Waals surface area contributed by atoms with E-state index in [1.54, 1.807) is 24.7 Å². The number of carbonyl (C=O) groups is 1. The second kappa shape index (κ2) is 5.88. The van der Waals surface area contributed by atoms with Crippen LogP contribution in [0.25, 0.3) is 0 Å². The maximum absolute atomic E-state index is 10.3. The van der Waals surface area contributed by atoms with Crippen LogP contribution in [-0.2, 0) is 0 Å². The number of carboxylic acid groups (broad SMARTS) is 1. The molecule has 3 nitrogen and oxygen atoms in total. The fourth-order valence-electron chi connectivity index (χ4n) is 0.819. The minimum atomic E-state index is -0.934. The summed E-state index contributed by atoms with van der Waals surface area (Å²) in [7, 11) is 0. The Morgan fingerprint density at radius 3 is 2.00 bits per heavy atom. The molecule has 78 valence electrons. The van der Waals surface area contributed by atoms with E-state index in [-0.39, 0.29) is 5.56 Å². The molecule has 0 fully saturated rings. The number of rotatable bonds is 1. The summed E-state index contributed by atoms with van der Waals surface area (Å²) in [6, 6.07) is 9.69. The van der Waals surface area contributed by atoms with Crippen LogP contribution in [0.3, 0.4) is 0 Å². The third kappa shape index (κ3) is 4.33. The lowest BCUT2D eigenvalue weighted by Gasteiger charge is -1.91. The Hall–Kier alpha value is -1.74. The summed E-state index contributed by atoms with van der Waals surface area (Å²) in [6.07, 6.45) is 3.25. The molecule has 2 aromatic rings. The number of benzene rings is 1. The Kier molecular flexibility index (Phi) is 4.44. The van der Waals surface area contributed by atoms with Crippen LogP contribution < -0.4 is 0 Å². The predicted molar refractivity (Wildman–Crippen MR) is 57.1 cm³/mol. The molecule has 15 heavy (non-hydrogen) atoms. The van der Waals surface area contributed by atoms with E-state index in [0.29, 0.717) is 5.02 Å². The molecule has 0 saturated carbocycles. The van der Waals surface area contributed by atoms with Gasteiger partial charge in [-0.05, 0) is 36.4 Å². The molecule has 0 aliphatic carbocycles. The second-order valence-electron chi connectivity index (χ2n) is 2.61. The number of halogens is 1. The molecule has 1 N–H and O–H groups in total. The quantitative estimate of drug-likeness (QED) is 0.809. The fraction of sp³-hybridized carbons (Fsp3) is 0. The normalized spacial score (nSPS) is 8.87. The van der Waals surface area contributed by atoms with Crippen LogP contribution in [0.5, 0.6) is 0 Å². The van der Waals surface area contributed by atoms with Gasteiger partial charge in [0.1, 0.15) is 0 Å². The third-order valence-electron chi connectivity index (χ3n) is 1.52. The van der Waals surface area contributed by atoms with Gasteiger partial charge in [-0.1, -0.05) is 11.6 Å². The number of carboxylic acids is 1. The lowest BCUT2D eigenvalue weighted by molar-refractivity contribution is 0.0697. The molecule has 0 unspecified atom stereocenters. The highest BCUT2D eigenvalue weighted by Crippen LogP contribution is 2.08. The first-order valence-corrected chi connectivity index (χ1v) is 4.54. The fourth-order valence-corrected chi connectivity index (χ4v) is 0.945. The average molecular weight is 225 g/mol. The first kappa shape index (κ1) is 11.3. The van der Waals surface area contributed by atoms with Gasteiger partial charge in [0.25, 0.3) is 0 Å². The highest BCUT2D eigenvalue weighted by atomic mass is 35.5. The zero-order valence-corrected chi connectivity index (χ0v) is 8.52. The number of hydrogen-bond donors (Lipinski definition) is 1. The van der Waals surface area contributed by atoms with Crippen LogP contribution in [0.2, 0.25) is 5.02 Å². The third-order valence-corrected chi connectivity index (χ3v) is 1.77. The number of hydrogen-bond acceptors (Lipinski definition) is 2. The van der Waals surface area contributed by atoms with Gasteiger partial charge in [0.05, 0.1) is 18.1 Å². The Morgan fingerprint density at radius 1 is 1.13 bits per heavy atom. The van der Waals surface area contributed by atoms with Gasteiger partial charge in [-0.25, -0.2) is 4.79 Å². The van der Waals surface area contributed by atoms with E-state index < -0.39 is 5.97 Å². The van der Waals surface area contributed by atoms with E-state index in [1.807, 2.05) is 12.1 Å². The highest BCUT2D eigenvalue weighted by Gasteiger charge is 1.99. The van der Waals surface area contributed by atoms with Crippen LogP contribution in [-0.4, -0.2) is 11.1 Å². The van der Waals surface area contributed by atoms with E-state index in [2.05, 4.69) is 4.42 Å². The lowest BCUT2D eigenvalue weighted by Crippen LogP contribution is -1.94. The summed E-state index contributed by atoms with van der Waals surface area (Å²) in [5, 5.41) is 8.98. The van der Waals surface area contributed by atoms with Crippen molar-refractivity contribution in [2.24, 2.45) is 0 Å². The van der Waals surface area contributed by atoms with Crippen molar-refractivity contribution in [2.75, 3.05) is 0 Å². The highest BCUT2D eigenvalue weighted by molar-refractivity contribution is 6.30. The molecule has 0 aliphatic rings. The summed E-state index contributed by atoms with van der Waals surface area (Å²) < 4.78 is 4.58. The first-order valence-electron chi connectivity index (χ1n) is 4.16. The van der Waals surface area contributed by atoms with Gasteiger partial charge in [-0.2, -0.15) is 0 Å². The van der Waals surface area contributed by atoms with Crippen molar-refractivity contribution in [1.29, 1.82) is 0 Å². The topological polar surface area (TPSA) is 50.4 Å². The molecule has 1 aromatic carbocycles. The molecule has 0 aliphatic heterocycles. The van der Waals surface area contributed by atoms with Crippen molar-refractivity contribution in [3.05, 3.63) is 59.5 Å². The van der Waals surface area contributed by atoms with Crippen molar-refractivity contribution in [3.63, 3.8) is 0 Å². The Morgan fingerprint density at radius 2 is 1.67 bits per heavy atom. The molecule has 0 saturated heterocycles. The zero-order chi connectivity index (χ0) is 11.1. The Bertz CT molecular complexity index is 375. The van der Waals surface area contributed by atoms with Crippen LogP contribution in [0, 0.1) is 0 Å². The Labute approximate surface area is 91.9 Å². The smallest absolute Gasteiger partial charge is 0.335 e. The molecule has 0 amide bonds. The summed E-state index contributed by atoms with van der Waals surface area (Å²) in [5.74, 6) is -0.934. The summed E-state index contributed by atoms with van der Waals surface area (Å²) in [6.45, 7) is 0. The summed E-state index contributed by atoms with van der Waals surface area (Å²) >= 11 is 5.52. The van der Waals surface area contributed by atoms with E-state index >= 15 is 0 Å². The van der Waals surface area contributed by atoms with Crippen molar-refractivity contribution < 1.29 is 14.3 Å². The minimum absolute atomic E-state index is 0.254. The SMILES string of the molecule is O=C(O)c1ccc(Cl)cc1.c1ccoc1. The lowest BCUT2D eigenvalue weighted by atomic mass is 10.2. The summed E-state index contributed by atoms with van der Waals surface area (Å²) in [5.41, 5.74) is 0.254. The van der Waals surface area contributed by atoms with Crippen molar-refractivity contribution >= 4 is 17.6 Å². The van der Waals surface area contributed by atoms with Crippen molar-refractivity contribution in [2.45, 2.75) is 0 Å². The maximum atomic E-state index is 10.3. The number of furan rings is 1. The van der Waals surface area contributed by atoms with Crippen molar-refractivity contribution in [1.82, 2.24) is 0 Å². The van der Waals surface area contributed by atoms with Crippen LogP contribution >= 0.6 is 11.6 Å². The molecular formula is C11H9ClO3. The van der Waals surface area contributed by atoms with Gasteiger partial charge >= 0.3 is 5.97 Å². The molecule has 1 aromatic heterocycles. The van der Waals surface area contributed by atoms with Gasteiger partial charge in [0, 0.05) is 5.02 Å². The van der Waals surface area contributed by atoms with E-state index in [1.165, 1.54) is 12.1 Å².